The smallest absolute Gasteiger partial charge is 0.239 e. The minimum Gasteiger partial charge on any atom is -0.493 e. The topological polar surface area (TPSA) is 127 Å². The van der Waals surface area contributed by atoms with Gasteiger partial charge in [-0.3, -0.25) is 19.3 Å². The molecule has 2 amide bonds. The molecule has 0 radical (unpaired) electrons. The van der Waals surface area contributed by atoms with Gasteiger partial charge in [-0.15, -0.1) is 0 Å². The quantitative estimate of drug-likeness (QED) is 0.402. The molecule has 0 spiro atoms. The molecule has 1 fully saturated rings. The molecule has 216 valence electrons. The van der Waals surface area contributed by atoms with Crippen molar-refractivity contribution in [3.63, 3.8) is 0 Å². The summed E-state index contributed by atoms with van der Waals surface area (Å²) in [7, 11) is 4.66. The van der Waals surface area contributed by atoms with Crippen LogP contribution in [0.4, 0.5) is 5.69 Å². The molecular formula is C29H38N4O7. The molecule has 0 aromatic heterocycles. The average molecular weight is 555 g/mol. The lowest BCUT2D eigenvalue weighted by molar-refractivity contribution is -0.120. The van der Waals surface area contributed by atoms with E-state index in [-0.39, 0.29) is 29.5 Å². The Kier molecular flexibility index (Phi) is 9.84. The van der Waals surface area contributed by atoms with Crippen molar-refractivity contribution in [3.05, 3.63) is 45.6 Å². The van der Waals surface area contributed by atoms with E-state index in [1.165, 1.54) is 13.0 Å². The van der Waals surface area contributed by atoms with E-state index >= 15 is 0 Å². The molecule has 0 unspecified atom stereocenters. The van der Waals surface area contributed by atoms with Gasteiger partial charge in [-0.25, -0.2) is 0 Å². The average Bonchev–Trinajstić information content (AvgIpc) is 3.19. The Balaban J connectivity index is 1.64. The molecule has 1 heterocycles. The Morgan fingerprint density at radius 3 is 2.48 bits per heavy atom. The van der Waals surface area contributed by atoms with Crippen LogP contribution >= 0.6 is 0 Å². The van der Waals surface area contributed by atoms with Gasteiger partial charge in [-0.1, -0.05) is 6.07 Å². The zero-order valence-corrected chi connectivity index (χ0v) is 23.6. The van der Waals surface area contributed by atoms with Gasteiger partial charge in [-0.2, -0.15) is 0 Å². The van der Waals surface area contributed by atoms with E-state index in [1.54, 1.807) is 27.4 Å². The fraction of sp³-hybridized carbons (Fsp3) is 0.483. The summed E-state index contributed by atoms with van der Waals surface area (Å²) in [5, 5.41) is 8.87. The molecule has 1 saturated heterocycles. The number of morpholine rings is 1. The van der Waals surface area contributed by atoms with Crippen LogP contribution in [-0.4, -0.2) is 84.0 Å². The molecule has 0 saturated carbocycles. The van der Waals surface area contributed by atoms with Crippen LogP contribution < -0.4 is 35.6 Å². The molecule has 0 bridgehead atoms. The number of methoxy groups -OCH3 is 3. The zero-order valence-electron chi connectivity index (χ0n) is 23.6. The zero-order chi connectivity index (χ0) is 28.6. The van der Waals surface area contributed by atoms with E-state index in [0.29, 0.717) is 55.4 Å². The number of nitrogens with zero attached hydrogens (tertiary/aromatic N) is 1. The molecule has 2 aromatic rings. The van der Waals surface area contributed by atoms with E-state index < -0.39 is 6.04 Å². The van der Waals surface area contributed by atoms with E-state index in [2.05, 4.69) is 20.9 Å². The fourth-order valence-electron chi connectivity index (χ4n) is 5.27. The number of nitrogens with one attached hydrogen (secondary N) is 3. The second kappa shape index (κ2) is 13.5. The molecular weight excluding hydrogens is 516 g/mol. The highest BCUT2D eigenvalue weighted by molar-refractivity contribution is 5.84. The molecule has 1 atom stereocenters. The van der Waals surface area contributed by atoms with Crippen molar-refractivity contribution in [1.82, 2.24) is 15.5 Å². The number of aryl methyl sites for hydroxylation is 1. The summed E-state index contributed by atoms with van der Waals surface area (Å²) in [5.41, 5.74) is 3.08. The molecule has 2 aliphatic rings. The number of hydrogen-bond donors (Lipinski definition) is 3. The summed E-state index contributed by atoms with van der Waals surface area (Å²) in [6.07, 6.45) is 1.18. The highest BCUT2D eigenvalue weighted by Crippen LogP contribution is 2.50. The Morgan fingerprint density at radius 2 is 1.80 bits per heavy atom. The van der Waals surface area contributed by atoms with Gasteiger partial charge in [0.15, 0.2) is 11.5 Å². The largest absolute Gasteiger partial charge is 0.493 e. The monoisotopic (exact) mass is 554 g/mol. The number of anilines is 1. The molecule has 40 heavy (non-hydrogen) atoms. The Labute approximate surface area is 234 Å². The van der Waals surface area contributed by atoms with Crippen LogP contribution in [0.1, 0.15) is 30.5 Å². The van der Waals surface area contributed by atoms with Crippen molar-refractivity contribution in [2.45, 2.75) is 25.8 Å². The third-order valence-electron chi connectivity index (χ3n) is 7.21. The van der Waals surface area contributed by atoms with Gasteiger partial charge in [0.2, 0.25) is 23.0 Å². The molecule has 4 rings (SSSR count). The van der Waals surface area contributed by atoms with Crippen molar-refractivity contribution >= 4 is 17.5 Å². The minimum atomic E-state index is -0.405. The number of carbonyl (C=O) groups excluding carboxylic acids is 2. The van der Waals surface area contributed by atoms with Gasteiger partial charge in [0, 0.05) is 38.7 Å². The number of amides is 2. The Bertz CT molecular complexity index is 1290. The summed E-state index contributed by atoms with van der Waals surface area (Å²) in [6, 6.07) is 6.52. The summed E-state index contributed by atoms with van der Waals surface area (Å²) in [5.74, 6) is 1.04. The predicted octanol–water partition coefficient (Wildman–Crippen LogP) is 1.72. The van der Waals surface area contributed by atoms with Gasteiger partial charge in [0.05, 0.1) is 52.8 Å². The molecule has 2 aromatic carbocycles. The number of hydrogen-bond acceptors (Lipinski definition) is 9. The first-order valence-corrected chi connectivity index (χ1v) is 13.4. The third-order valence-corrected chi connectivity index (χ3v) is 7.21. The second-order valence-electron chi connectivity index (χ2n) is 9.75. The maximum Gasteiger partial charge on any atom is 0.239 e. The fourth-order valence-corrected chi connectivity index (χ4v) is 5.27. The van der Waals surface area contributed by atoms with Gasteiger partial charge >= 0.3 is 0 Å². The van der Waals surface area contributed by atoms with E-state index in [9.17, 15) is 14.4 Å². The minimum absolute atomic E-state index is 0.0485. The second-order valence-corrected chi connectivity index (χ2v) is 9.75. The molecule has 11 nitrogen and oxygen atoms in total. The standard InChI is InChI=1S/C29H38N4O7/c1-18(34)32-22-7-5-19-15-25(37-2)28(38-3)29(39-4)27(19)20-6-8-23(24(35)16-21(20)22)31-17-26(36)30-9-10-33-11-13-40-14-12-33/h6,8,15-16,22H,5,7,9-14,17H2,1-4H3,(H,30,36)(H,31,35)(H,32,34)/t22-/m0/s1. The lowest BCUT2D eigenvalue weighted by Gasteiger charge is -2.26. The van der Waals surface area contributed by atoms with E-state index in [0.717, 1.165) is 36.3 Å². The Morgan fingerprint density at radius 1 is 1.05 bits per heavy atom. The maximum absolute atomic E-state index is 13.4. The number of benzene rings is 1. The SMILES string of the molecule is COc1cc2c(c(OC)c1OC)-c1ccc(NCC(=O)NCCN3CCOCC3)c(=O)cc1[C@@H](NC(C)=O)CC2. The van der Waals surface area contributed by atoms with Crippen molar-refractivity contribution in [1.29, 1.82) is 0 Å². The first kappa shape index (κ1) is 29.2. The first-order valence-electron chi connectivity index (χ1n) is 13.4. The molecule has 1 aliphatic heterocycles. The first-order chi connectivity index (χ1) is 19.4. The van der Waals surface area contributed by atoms with Crippen molar-refractivity contribution in [2.24, 2.45) is 0 Å². The molecule has 3 N–H and O–H groups in total. The lowest BCUT2D eigenvalue weighted by Crippen LogP contribution is -2.42. The van der Waals surface area contributed by atoms with Crippen LogP contribution in [0.25, 0.3) is 11.1 Å². The van der Waals surface area contributed by atoms with Crippen molar-refractivity contribution in [3.8, 4) is 28.4 Å². The van der Waals surface area contributed by atoms with Crippen LogP contribution in [0.5, 0.6) is 17.2 Å². The summed E-state index contributed by atoms with van der Waals surface area (Å²) < 4.78 is 22.3. The summed E-state index contributed by atoms with van der Waals surface area (Å²) in [4.78, 5) is 40.2. The van der Waals surface area contributed by atoms with Crippen LogP contribution in [0, 0.1) is 0 Å². The highest BCUT2D eigenvalue weighted by atomic mass is 16.5. The van der Waals surface area contributed by atoms with Crippen molar-refractivity contribution < 1.29 is 28.5 Å². The Hall–Kier alpha value is -3.83. The normalized spacial score (nSPS) is 16.6. The lowest BCUT2D eigenvalue weighted by atomic mass is 9.95. The van der Waals surface area contributed by atoms with E-state index in [4.69, 9.17) is 18.9 Å². The number of carbonyl (C=O) groups is 2. The summed E-state index contributed by atoms with van der Waals surface area (Å²) in [6.45, 7) is 5.78. The summed E-state index contributed by atoms with van der Waals surface area (Å²) >= 11 is 0. The molecule has 11 heteroatoms. The predicted molar refractivity (Wildman–Crippen MR) is 151 cm³/mol. The number of fused-ring (bicyclic) bond motifs is 3. The van der Waals surface area contributed by atoms with Gasteiger partial charge in [0.1, 0.15) is 0 Å². The third kappa shape index (κ3) is 6.65. The van der Waals surface area contributed by atoms with Crippen molar-refractivity contribution in [2.75, 3.05) is 72.6 Å². The van der Waals surface area contributed by atoms with Gasteiger partial charge in [0.25, 0.3) is 0 Å². The van der Waals surface area contributed by atoms with Crippen LogP contribution in [0.3, 0.4) is 0 Å². The number of rotatable bonds is 10. The van der Waals surface area contributed by atoms with Crippen LogP contribution in [0.2, 0.25) is 0 Å². The maximum atomic E-state index is 13.4. The van der Waals surface area contributed by atoms with Gasteiger partial charge in [-0.05, 0) is 47.7 Å². The highest BCUT2D eigenvalue weighted by Gasteiger charge is 2.29. The van der Waals surface area contributed by atoms with Crippen LogP contribution in [-0.2, 0) is 20.7 Å². The van der Waals surface area contributed by atoms with E-state index in [1.807, 2.05) is 12.1 Å². The molecule has 1 aliphatic carbocycles. The number of ether oxygens (including phenoxy) is 4. The van der Waals surface area contributed by atoms with Gasteiger partial charge < -0.3 is 34.9 Å². The van der Waals surface area contributed by atoms with Crippen LogP contribution in [0.15, 0.2) is 29.1 Å².